The molecule has 0 amide bonds. The lowest BCUT2D eigenvalue weighted by molar-refractivity contribution is 0.669. The Labute approximate surface area is 282 Å². The van der Waals surface area contributed by atoms with Crippen molar-refractivity contribution in [2.24, 2.45) is 0 Å². The van der Waals surface area contributed by atoms with E-state index in [2.05, 4.69) is 170 Å². The molecule has 0 spiro atoms. The van der Waals surface area contributed by atoms with E-state index in [0.717, 1.165) is 16.6 Å². The van der Waals surface area contributed by atoms with Gasteiger partial charge in [-0.3, -0.25) is 0 Å². The highest BCUT2D eigenvalue weighted by Gasteiger charge is 2.20. The van der Waals surface area contributed by atoms with Crippen LogP contribution in [0.3, 0.4) is 0 Å². The van der Waals surface area contributed by atoms with Gasteiger partial charge in [-0.25, -0.2) is 0 Å². The lowest BCUT2D eigenvalue weighted by Gasteiger charge is -2.20. The molecule has 11 rings (SSSR count). The minimum Gasteiger partial charge on any atom is -0.456 e. The molecule has 1 nitrogen and oxygen atoms in total. The molecule has 10 aromatic carbocycles. The van der Waals surface area contributed by atoms with Crippen molar-refractivity contribution in [3.63, 3.8) is 0 Å². The molecule has 0 bridgehead atoms. The summed E-state index contributed by atoms with van der Waals surface area (Å²) in [4.78, 5) is 0. The molecule has 226 valence electrons. The molecular formula is C48H28O. The van der Waals surface area contributed by atoms with E-state index in [1.54, 1.807) is 0 Å². The lowest BCUT2D eigenvalue weighted by atomic mass is 9.83. The van der Waals surface area contributed by atoms with E-state index in [1.165, 1.54) is 92.3 Å². The third kappa shape index (κ3) is 3.76. The van der Waals surface area contributed by atoms with Crippen LogP contribution in [0.2, 0.25) is 0 Å². The van der Waals surface area contributed by atoms with E-state index >= 15 is 0 Å². The van der Waals surface area contributed by atoms with Crippen LogP contribution in [0.1, 0.15) is 0 Å². The molecule has 0 aliphatic rings. The summed E-state index contributed by atoms with van der Waals surface area (Å²) in [6.07, 6.45) is 0. The zero-order valence-electron chi connectivity index (χ0n) is 26.6. The predicted octanol–water partition coefficient (Wildman–Crippen LogP) is 13.8. The summed E-state index contributed by atoms with van der Waals surface area (Å²) in [6.45, 7) is 0. The summed E-state index contributed by atoms with van der Waals surface area (Å²) in [5.41, 5.74) is 6.82. The molecule has 1 heteroatoms. The van der Waals surface area contributed by atoms with Gasteiger partial charge in [0.05, 0.1) is 0 Å². The zero-order chi connectivity index (χ0) is 32.1. The Kier molecular flexibility index (Phi) is 5.45. The third-order valence-electron chi connectivity index (χ3n) is 10.6. The Hall–Kier alpha value is -6.44. The second kappa shape index (κ2) is 10.0. The Morgan fingerprint density at radius 3 is 1.45 bits per heavy atom. The molecule has 0 saturated carbocycles. The zero-order valence-corrected chi connectivity index (χ0v) is 26.6. The summed E-state index contributed by atoms with van der Waals surface area (Å²) in [5, 5.41) is 17.5. The second-order valence-corrected chi connectivity index (χ2v) is 13.2. The largest absolute Gasteiger partial charge is 0.456 e. The summed E-state index contributed by atoms with van der Waals surface area (Å²) in [6, 6.07) is 62.1. The van der Waals surface area contributed by atoms with Gasteiger partial charge in [0, 0.05) is 10.8 Å². The summed E-state index contributed by atoms with van der Waals surface area (Å²) in [7, 11) is 0. The van der Waals surface area contributed by atoms with Gasteiger partial charge in [-0.05, 0) is 111 Å². The lowest BCUT2D eigenvalue weighted by Crippen LogP contribution is -1.92. The fourth-order valence-electron chi connectivity index (χ4n) is 8.52. The standard InChI is InChI=1S/C48H28O/c1-3-13-33-29(11-1)21-22-31-27-41(35-15-5-6-16-36(35)45(31)33)47-39-19-9-7-17-37(39)46(38-18-8-10-20-40(38)47)32-24-25-43-42(28-32)48-34-14-4-2-12-30(34)23-26-44(48)49-43/h1-28H. The Balaban J connectivity index is 1.26. The van der Waals surface area contributed by atoms with Crippen molar-refractivity contribution < 1.29 is 4.42 Å². The van der Waals surface area contributed by atoms with Crippen LogP contribution < -0.4 is 0 Å². The minimum absolute atomic E-state index is 0.912. The number of rotatable bonds is 2. The van der Waals surface area contributed by atoms with E-state index in [1.807, 2.05) is 0 Å². The summed E-state index contributed by atoms with van der Waals surface area (Å²) >= 11 is 0. The van der Waals surface area contributed by atoms with E-state index in [0.29, 0.717) is 0 Å². The van der Waals surface area contributed by atoms with E-state index in [9.17, 15) is 0 Å². The number of fused-ring (bicyclic) bond motifs is 12. The summed E-state index contributed by atoms with van der Waals surface area (Å²) < 4.78 is 6.41. The maximum absolute atomic E-state index is 6.41. The van der Waals surface area contributed by atoms with Gasteiger partial charge >= 0.3 is 0 Å². The fourth-order valence-corrected chi connectivity index (χ4v) is 8.52. The Morgan fingerprint density at radius 1 is 0.286 bits per heavy atom. The molecule has 0 unspecified atom stereocenters. The first-order valence-corrected chi connectivity index (χ1v) is 16.9. The molecular weight excluding hydrogens is 593 g/mol. The fraction of sp³-hybridized carbons (Fsp3) is 0. The highest BCUT2D eigenvalue weighted by Crippen LogP contribution is 2.48. The van der Waals surface area contributed by atoms with Crippen molar-refractivity contribution in [1.29, 1.82) is 0 Å². The van der Waals surface area contributed by atoms with Gasteiger partial charge in [-0.2, -0.15) is 0 Å². The molecule has 0 saturated heterocycles. The first kappa shape index (κ1) is 26.6. The van der Waals surface area contributed by atoms with Crippen molar-refractivity contribution in [2.45, 2.75) is 0 Å². The highest BCUT2D eigenvalue weighted by atomic mass is 16.3. The van der Waals surface area contributed by atoms with Crippen LogP contribution in [0.4, 0.5) is 0 Å². The number of hydrogen-bond donors (Lipinski definition) is 0. The highest BCUT2D eigenvalue weighted by molar-refractivity contribution is 6.29. The van der Waals surface area contributed by atoms with Gasteiger partial charge in [-0.1, -0.05) is 146 Å². The van der Waals surface area contributed by atoms with Crippen LogP contribution in [0.15, 0.2) is 174 Å². The average Bonchev–Trinajstić information content (AvgIpc) is 3.55. The van der Waals surface area contributed by atoms with Crippen LogP contribution in [0, 0.1) is 0 Å². The molecule has 0 N–H and O–H groups in total. The first-order valence-electron chi connectivity index (χ1n) is 16.9. The van der Waals surface area contributed by atoms with E-state index in [-0.39, 0.29) is 0 Å². The molecule has 0 fully saturated rings. The Morgan fingerprint density at radius 2 is 0.776 bits per heavy atom. The van der Waals surface area contributed by atoms with Crippen molar-refractivity contribution in [3.8, 4) is 22.3 Å². The Bertz CT molecular complexity index is 3100. The van der Waals surface area contributed by atoms with Gasteiger partial charge in [-0.15, -0.1) is 0 Å². The molecule has 1 heterocycles. The topological polar surface area (TPSA) is 13.1 Å². The van der Waals surface area contributed by atoms with Crippen LogP contribution in [0.25, 0.3) is 109 Å². The smallest absolute Gasteiger partial charge is 0.136 e. The molecule has 0 atom stereocenters. The predicted molar refractivity (Wildman–Crippen MR) is 210 cm³/mol. The quantitative estimate of drug-likeness (QED) is 0.138. The van der Waals surface area contributed by atoms with Crippen molar-refractivity contribution in [1.82, 2.24) is 0 Å². The number of hydrogen-bond acceptors (Lipinski definition) is 1. The molecule has 1 aromatic heterocycles. The first-order chi connectivity index (χ1) is 24.3. The van der Waals surface area contributed by atoms with Gasteiger partial charge in [0.25, 0.3) is 0 Å². The van der Waals surface area contributed by atoms with Crippen molar-refractivity contribution in [3.05, 3.63) is 170 Å². The average molecular weight is 621 g/mol. The van der Waals surface area contributed by atoms with Gasteiger partial charge in [0.2, 0.25) is 0 Å². The third-order valence-corrected chi connectivity index (χ3v) is 10.6. The van der Waals surface area contributed by atoms with Gasteiger partial charge < -0.3 is 4.42 Å². The van der Waals surface area contributed by atoms with E-state index < -0.39 is 0 Å². The van der Waals surface area contributed by atoms with Gasteiger partial charge in [0.1, 0.15) is 11.2 Å². The summed E-state index contributed by atoms with van der Waals surface area (Å²) in [5.74, 6) is 0. The second-order valence-electron chi connectivity index (χ2n) is 13.2. The molecule has 0 aliphatic heterocycles. The SMILES string of the molecule is c1ccc2c(c1)ccc1cc(-c3c4ccccc4c(-c4ccc5oc6ccc7ccccc7c6c5c4)c4ccccc34)c3ccccc3c12. The van der Waals surface area contributed by atoms with Crippen molar-refractivity contribution in [2.75, 3.05) is 0 Å². The van der Waals surface area contributed by atoms with Crippen molar-refractivity contribution >= 4 is 86.6 Å². The van der Waals surface area contributed by atoms with E-state index in [4.69, 9.17) is 4.42 Å². The van der Waals surface area contributed by atoms with Gasteiger partial charge in [0.15, 0.2) is 0 Å². The van der Waals surface area contributed by atoms with Crippen LogP contribution in [-0.2, 0) is 0 Å². The minimum atomic E-state index is 0.912. The van der Waals surface area contributed by atoms with Crippen LogP contribution in [0.5, 0.6) is 0 Å². The van der Waals surface area contributed by atoms with Crippen LogP contribution >= 0.6 is 0 Å². The molecule has 0 radical (unpaired) electrons. The molecule has 11 aromatic rings. The van der Waals surface area contributed by atoms with Crippen LogP contribution in [-0.4, -0.2) is 0 Å². The maximum atomic E-state index is 6.41. The normalized spacial score (nSPS) is 12.1. The molecule has 49 heavy (non-hydrogen) atoms. The molecule has 0 aliphatic carbocycles. The monoisotopic (exact) mass is 620 g/mol. The number of benzene rings is 10. The number of furan rings is 1. The maximum Gasteiger partial charge on any atom is 0.136 e.